The highest BCUT2D eigenvalue weighted by molar-refractivity contribution is 5.49. The van der Waals surface area contributed by atoms with Gasteiger partial charge in [0, 0.05) is 30.3 Å². The van der Waals surface area contributed by atoms with Gasteiger partial charge in [0.25, 0.3) is 0 Å². The van der Waals surface area contributed by atoms with E-state index in [0.29, 0.717) is 12.0 Å². The van der Waals surface area contributed by atoms with E-state index in [-0.39, 0.29) is 6.61 Å². The number of ether oxygens (including phenoxy) is 1. The Kier molecular flexibility index (Phi) is 3.74. The summed E-state index contributed by atoms with van der Waals surface area (Å²) in [5.74, 6) is 0.548. The van der Waals surface area contributed by atoms with Crippen molar-refractivity contribution in [2.75, 3.05) is 18.5 Å². The largest absolute Gasteiger partial charge is 0.392 e. The van der Waals surface area contributed by atoms with Gasteiger partial charge in [-0.2, -0.15) is 0 Å². The first-order chi connectivity index (χ1) is 7.81. The van der Waals surface area contributed by atoms with Crippen LogP contribution in [0.5, 0.6) is 0 Å². The van der Waals surface area contributed by atoms with Crippen molar-refractivity contribution >= 4 is 5.69 Å². The van der Waals surface area contributed by atoms with Crippen molar-refractivity contribution in [1.82, 2.24) is 4.98 Å². The molecule has 88 valence electrons. The first-order valence-electron chi connectivity index (χ1n) is 5.69. The third kappa shape index (κ3) is 2.51. The lowest BCUT2D eigenvalue weighted by molar-refractivity contribution is 0.183. The molecule has 4 nitrogen and oxygen atoms in total. The second-order valence-electron chi connectivity index (χ2n) is 4.25. The quantitative estimate of drug-likeness (QED) is 0.808. The van der Waals surface area contributed by atoms with Crippen LogP contribution in [0.25, 0.3) is 0 Å². The lowest BCUT2D eigenvalue weighted by Crippen LogP contribution is -2.26. The van der Waals surface area contributed by atoms with Crippen molar-refractivity contribution in [1.29, 1.82) is 0 Å². The molecule has 0 bridgehead atoms. The number of aromatic nitrogens is 1. The van der Waals surface area contributed by atoms with E-state index in [1.54, 1.807) is 12.4 Å². The van der Waals surface area contributed by atoms with Crippen molar-refractivity contribution in [2.24, 2.45) is 5.92 Å². The Hall–Kier alpha value is -1.13. The number of hydrogen-bond acceptors (Lipinski definition) is 4. The van der Waals surface area contributed by atoms with Crippen LogP contribution >= 0.6 is 0 Å². The highest BCUT2D eigenvalue weighted by Crippen LogP contribution is 2.21. The van der Waals surface area contributed by atoms with E-state index in [1.807, 2.05) is 6.07 Å². The molecule has 16 heavy (non-hydrogen) atoms. The number of nitrogens with zero attached hydrogens (tertiary/aromatic N) is 1. The summed E-state index contributed by atoms with van der Waals surface area (Å²) in [6, 6.07) is 2.18. The summed E-state index contributed by atoms with van der Waals surface area (Å²) in [5.41, 5.74) is 1.81. The lowest BCUT2D eigenvalue weighted by Gasteiger charge is -2.21. The van der Waals surface area contributed by atoms with E-state index in [1.165, 1.54) is 0 Å². The van der Waals surface area contributed by atoms with E-state index < -0.39 is 0 Å². The van der Waals surface area contributed by atoms with Crippen LogP contribution in [0.3, 0.4) is 0 Å². The highest BCUT2D eigenvalue weighted by atomic mass is 16.5. The Morgan fingerprint density at radius 3 is 3.25 bits per heavy atom. The normalized spacial score (nSPS) is 22.0. The number of rotatable bonds is 4. The van der Waals surface area contributed by atoms with E-state index >= 15 is 0 Å². The fraction of sp³-hybridized carbons (Fsp3) is 0.583. The molecular weight excluding hydrogens is 204 g/mol. The third-order valence-electron chi connectivity index (χ3n) is 3.14. The molecule has 2 atom stereocenters. The number of aliphatic hydroxyl groups excluding tert-OH is 1. The molecule has 4 heteroatoms. The molecule has 0 radical (unpaired) electrons. The van der Waals surface area contributed by atoms with Gasteiger partial charge in [0.2, 0.25) is 0 Å². The Balaban J connectivity index is 2.01. The number of pyridine rings is 1. The highest BCUT2D eigenvalue weighted by Gasteiger charge is 2.22. The summed E-state index contributed by atoms with van der Waals surface area (Å²) in [6.45, 7) is 3.87. The summed E-state index contributed by atoms with van der Waals surface area (Å²) in [7, 11) is 0. The van der Waals surface area contributed by atoms with Crippen LogP contribution in [-0.2, 0) is 11.3 Å². The maximum absolute atomic E-state index is 9.20. The first-order valence-corrected chi connectivity index (χ1v) is 5.69. The summed E-state index contributed by atoms with van der Waals surface area (Å²) in [6.07, 6.45) is 4.56. The summed E-state index contributed by atoms with van der Waals surface area (Å²) >= 11 is 0. The Morgan fingerprint density at radius 2 is 2.56 bits per heavy atom. The van der Waals surface area contributed by atoms with Gasteiger partial charge in [-0.15, -0.1) is 0 Å². The number of anilines is 1. The van der Waals surface area contributed by atoms with Gasteiger partial charge in [0.05, 0.1) is 25.1 Å². The minimum absolute atomic E-state index is 0.0404. The van der Waals surface area contributed by atoms with E-state index in [0.717, 1.165) is 30.9 Å². The molecular formula is C12H18N2O2. The fourth-order valence-electron chi connectivity index (χ4n) is 2.00. The number of hydrogen-bond donors (Lipinski definition) is 2. The number of aliphatic hydroxyl groups is 1. The topological polar surface area (TPSA) is 54.4 Å². The van der Waals surface area contributed by atoms with Gasteiger partial charge in [-0.3, -0.25) is 4.98 Å². The molecule has 2 unspecified atom stereocenters. The summed E-state index contributed by atoms with van der Waals surface area (Å²) < 4.78 is 5.37. The second kappa shape index (κ2) is 5.27. The third-order valence-corrected chi connectivity index (χ3v) is 3.14. The van der Waals surface area contributed by atoms with Gasteiger partial charge >= 0.3 is 0 Å². The molecule has 2 heterocycles. The molecule has 1 fully saturated rings. The van der Waals surface area contributed by atoms with Crippen molar-refractivity contribution in [2.45, 2.75) is 26.0 Å². The Morgan fingerprint density at radius 1 is 1.69 bits per heavy atom. The average Bonchev–Trinajstić information content (AvgIpc) is 2.83. The lowest BCUT2D eigenvalue weighted by atomic mass is 10.0. The van der Waals surface area contributed by atoms with Gasteiger partial charge in [-0.1, -0.05) is 0 Å². The van der Waals surface area contributed by atoms with E-state index in [4.69, 9.17) is 4.74 Å². The minimum Gasteiger partial charge on any atom is -0.392 e. The van der Waals surface area contributed by atoms with Crippen LogP contribution in [0, 0.1) is 5.92 Å². The molecule has 1 aliphatic heterocycles. The monoisotopic (exact) mass is 222 g/mol. The maximum Gasteiger partial charge on any atom is 0.0703 e. The molecule has 0 aliphatic carbocycles. The minimum atomic E-state index is 0.0404. The Bertz CT molecular complexity index is 338. The molecule has 0 amide bonds. The SMILES string of the molecule is CC(Nc1cnccc1CO)C1CCOC1. The predicted octanol–water partition coefficient (Wildman–Crippen LogP) is 1.41. The van der Waals surface area contributed by atoms with Gasteiger partial charge in [0.1, 0.15) is 0 Å². The molecule has 2 N–H and O–H groups in total. The molecule has 1 aromatic heterocycles. The van der Waals surface area contributed by atoms with Crippen LogP contribution in [0.15, 0.2) is 18.5 Å². The standard InChI is InChI=1S/C12H18N2O2/c1-9(11-3-5-16-8-11)14-12-6-13-4-2-10(12)7-15/h2,4,6,9,11,14-15H,3,5,7-8H2,1H3. The molecule has 0 saturated carbocycles. The predicted molar refractivity (Wildman–Crippen MR) is 62.2 cm³/mol. The van der Waals surface area contributed by atoms with Crippen LogP contribution in [-0.4, -0.2) is 29.3 Å². The summed E-state index contributed by atoms with van der Waals surface area (Å²) in [5, 5.41) is 12.6. The van der Waals surface area contributed by atoms with Crippen molar-refractivity contribution in [3.8, 4) is 0 Å². The van der Waals surface area contributed by atoms with Crippen LogP contribution in [0.1, 0.15) is 18.9 Å². The van der Waals surface area contributed by atoms with Gasteiger partial charge < -0.3 is 15.2 Å². The summed E-state index contributed by atoms with van der Waals surface area (Å²) in [4.78, 5) is 4.07. The first kappa shape index (κ1) is 11.4. The number of nitrogens with one attached hydrogen (secondary N) is 1. The van der Waals surface area contributed by atoms with Crippen LogP contribution < -0.4 is 5.32 Å². The molecule has 0 spiro atoms. The molecule has 2 rings (SSSR count). The smallest absolute Gasteiger partial charge is 0.0703 e. The second-order valence-corrected chi connectivity index (χ2v) is 4.25. The van der Waals surface area contributed by atoms with Crippen LogP contribution in [0.2, 0.25) is 0 Å². The Labute approximate surface area is 95.7 Å². The zero-order valence-corrected chi connectivity index (χ0v) is 9.52. The van der Waals surface area contributed by atoms with Crippen molar-refractivity contribution < 1.29 is 9.84 Å². The van der Waals surface area contributed by atoms with Crippen molar-refractivity contribution in [3.05, 3.63) is 24.0 Å². The molecule has 0 aromatic carbocycles. The molecule has 1 aliphatic rings. The molecule has 1 aromatic rings. The maximum atomic E-state index is 9.20. The van der Waals surface area contributed by atoms with Gasteiger partial charge in [0.15, 0.2) is 0 Å². The van der Waals surface area contributed by atoms with Crippen molar-refractivity contribution in [3.63, 3.8) is 0 Å². The zero-order valence-electron chi connectivity index (χ0n) is 9.52. The van der Waals surface area contributed by atoms with E-state index in [2.05, 4.69) is 17.2 Å². The van der Waals surface area contributed by atoms with E-state index in [9.17, 15) is 5.11 Å². The fourth-order valence-corrected chi connectivity index (χ4v) is 2.00. The average molecular weight is 222 g/mol. The van der Waals surface area contributed by atoms with Gasteiger partial charge in [-0.05, 0) is 19.4 Å². The molecule has 1 saturated heterocycles. The van der Waals surface area contributed by atoms with Crippen LogP contribution in [0.4, 0.5) is 5.69 Å². The van der Waals surface area contributed by atoms with Gasteiger partial charge in [-0.25, -0.2) is 0 Å². The zero-order chi connectivity index (χ0) is 11.4.